The molecule has 0 unspecified atom stereocenters. The summed E-state index contributed by atoms with van der Waals surface area (Å²) >= 11 is 1.29. The molecule has 1 atom stereocenters. The monoisotopic (exact) mass is 462 g/mol. The Bertz CT molecular complexity index is 1460. The summed E-state index contributed by atoms with van der Waals surface area (Å²) in [6, 6.07) is 12.7. The minimum absolute atomic E-state index is 0.188. The van der Waals surface area contributed by atoms with E-state index in [1.807, 2.05) is 49.4 Å². The number of hydrogen-bond acceptors (Lipinski definition) is 7. The summed E-state index contributed by atoms with van der Waals surface area (Å²) in [5, 5.41) is 0. The molecule has 2 aliphatic heterocycles. The lowest BCUT2D eigenvalue weighted by Gasteiger charge is -2.24. The maximum atomic E-state index is 13.6. The number of benzene rings is 2. The van der Waals surface area contributed by atoms with E-state index in [1.165, 1.54) is 11.3 Å². The van der Waals surface area contributed by atoms with Gasteiger partial charge >= 0.3 is 5.97 Å². The Hall–Kier alpha value is -3.65. The van der Waals surface area contributed by atoms with E-state index in [1.54, 1.807) is 24.5 Å². The number of thiazole rings is 1. The molecule has 0 saturated carbocycles. The predicted molar refractivity (Wildman–Crippen MR) is 124 cm³/mol. The first-order valence-corrected chi connectivity index (χ1v) is 11.4. The third-order valence-electron chi connectivity index (χ3n) is 5.60. The molecule has 8 heteroatoms. The number of nitrogens with zero attached hydrogens (tertiary/aromatic N) is 2. The lowest BCUT2D eigenvalue weighted by molar-refractivity contribution is -0.139. The van der Waals surface area contributed by atoms with Crippen LogP contribution in [0, 0.1) is 6.92 Å². The number of carbonyl (C=O) groups is 1. The molecule has 0 amide bonds. The molecule has 168 valence electrons. The Morgan fingerprint density at radius 3 is 2.70 bits per heavy atom. The molecular formula is C25H22N2O5S. The SMILES string of the molecule is CCOC(=O)C1=C(C)N=c2s/c(=C\c3ccc4c(c3)OCO4)c(=O)n2[C@@H]1c1ccc(C)cc1. The molecule has 0 radical (unpaired) electrons. The van der Waals surface area contributed by atoms with Gasteiger partial charge in [-0.05, 0) is 50.1 Å². The minimum atomic E-state index is -0.611. The summed E-state index contributed by atoms with van der Waals surface area (Å²) in [6.07, 6.45) is 1.81. The van der Waals surface area contributed by atoms with Crippen molar-refractivity contribution in [2.75, 3.05) is 13.4 Å². The Morgan fingerprint density at radius 1 is 1.18 bits per heavy atom. The van der Waals surface area contributed by atoms with Crippen molar-refractivity contribution in [3.63, 3.8) is 0 Å². The summed E-state index contributed by atoms with van der Waals surface area (Å²) in [5.74, 6) is 0.867. The van der Waals surface area contributed by atoms with Crippen LogP contribution in [0.5, 0.6) is 11.5 Å². The number of aromatic nitrogens is 1. The van der Waals surface area contributed by atoms with E-state index in [4.69, 9.17) is 14.2 Å². The normalized spacial score (nSPS) is 17.1. The van der Waals surface area contributed by atoms with Gasteiger partial charge in [0.25, 0.3) is 5.56 Å². The Kier molecular flexibility index (Phi) is 5.38. The smallest absolute Gasteiger partial charge is 0.338 e. The highest BCUT2D eigenvalue weighted by Crippen LogP contribution is 2.33. The first kappa shape index (κ1) is 21.2. The molecule has 0 aliphatic carbocycles. The van der Waals surface area contributed by atoms with Crippen molar-refractivity contribution in [2.45, 2.75) is 26.8 Å². The van der Waals surface area contributed by atoms with Gasteiger partial charge in [-0.2, -0.15) is 0 Å². The summed E-state index contributed by atoms with van der Waals surface area (Å²) in [4.78, 5) is 31.6. The largest absolute Gasteiger partial charge is 0.463 e. The molecule has 0 spiro atoms. The molecule has 3 heterocycles. The summed E-state index contributed by atoms with van der Waals surface area (Å²) in [6.45, 7) is 5.96. The summed E-state index contributed by atoms with van der Waals surface area (Å²) in [5.41, 5.74) is 3.45. The van der Waals surface area contributed by atoms with Gasteiger partial charge in [0.15, 0.2) is 16.3 Å². The molecule has 0 fully saturated rings. The fourth-order valence-electron chi connectivity index (χ4n) is 4.01. The fourth-order valence-corrected chi connectivity index (χ4v) is 5.06. The number of fused-ring (bicyclic) bond motifs is 2. The molecule has 33 heavy (non-hydrogen) atoms. The van der Waals surface area contributed by atoms with E-state index in [9.17, 15) is 9.59 Å². The number of rotatable bonds is 4. The Morgan fingerprint density at radius 2 is 1.94 bits per heavy atom. The minimum Gasteiger partial charge on any atom is -0.463 e. The number of esters is 1. The Labute approximate surface area is 193 Å². The van der Waals surface area contributed by atoms with Gasteiger partial charge in [-0.3, -0.25) is 9.36 Å². The second-order valence-electron chi connectivity index (χ2n) is 7.83. The highest BCUT2D eigenvalue weighted by Gasteiger charge is 2.33. The van der Waals surface area contributed by atoms with E-state index in [2.05, 4.69) is 4.99 Å². The van der Waals surface area contributed by atoms with Gasteiger partial charge in [-0.15, -0.1) is 0 Å². The van der Waals surface area contributed by atoms with E-state index >= 15 is 0 Å². The van der Waals surface area contributed by atoms with Crippen LogP contribution in [0.1, 0.15) is 36.6 Å². The number of ether oxygens (including phenoxy) is 3. The summed E-state index contributed by atoms with van der Waals surface area (Å²) in [7, 11) is 0. The van der Waals surface area contributed by atoms with Crippen LogP contribution in [0.25, 0.3) is 6.08 Å². The first-order valence-electron chi connectivity index (χ1n) is 10.6. The fraction of sp³-hybridized carbons (Fsp3) is 0.240. The van der Waals surface area contributed by atoms with Crippen LogP contribution >= 0.6 is 11.3 Å². The summed E-state index contributed by atoms with van der Waals surface area (Å²) < 4.78 is 18.3. The molecule has 2 aliphatic rings. The molecule has 1 aromatic heterocycles. The molecule has 3 aromatic rings. The van der Waals surface area contributed by atoms with Gasteiger partial charge in [0.1, 0.15) is 0 Å². The van der Waals surface area contributed by atoms with Crippen LogP contribution in [0.15, 0.2) is 63.5 Å². The van der Waals surface area contributed by atoms with Crippen molar-refractivity contribution in [3.8, 4) is 11.5 Å². The van der Waals surface area contributed by atoms with E-state index in [0.717, 1.165) is 16.7 Å². The van der Waals surface area contributed by atoms with Crippen LogP contribution in [-0.2, 0) is 9.53 Å². The molecule has 2 aromatic carbocycles. The van der Waals surface area contributed by atoms with Crippen LogP contribution in [-0.4, -0.2) is 23.9 Å². The first-order chi connectivity index (χ1) is 16.0. The standard InChI is InChI=1S/C25H22N2O5S/c1-4-30-24(29)21-15(3)26-25-27(22(21)17-8-5-14(2)6-9-17)23(28)20(33-25)12-16-7-10-18-19(11-16)32-13-31-18/h5-12,22H,4,13H2,1-3H3/b20-12-/t22-/m1/s1. The molecule has 5 rings (SSSR count). The van der Waals surface area contributed by atoms with Crippen molar-refractivity contribution < 1.29 is 19.0 Å². The molecular weight excluding hydrogens is 440 g/mol. The molecule has 0 bridgehead atoms. The van der Waals surface area contributed by atoms with E-state index in [-0.39, 0.29) is 19.0 Å². The van der Waals surface area contributed by atoms with E-state index in [0.29, 0.717) is 32.1 Å². The van der Waals surface area contributed by atoms with Gasteiger partial charge in [0.05, 0.1) is 28.5 Å². The second kappa shape index (κ2) is 8.37. The van der Waals surface area contributed by atoms with Crippen LogP contribution < -0.4 is 24.4 Å². The van der Waals surface area contributed by atoms with Gasteiger partial charge in [-0.25, -0.2) is 9.79 Å². The number of hydrogen-bond donors (Lipinski definition) is 0. The average molecular weight is 463 g/mol. The van der Waals surface area contributed by atoms with Gasteiger partial charge in [0, 0.05) is 0 Å². The molecule has 7 nitrogen and oxygen atoms in total. The highest BCUT2D eigenvalue weighted by atomic mass is 32.1. The third kappa shape index (κ3) is 3.76. The number of carbonyl (C=O) groups excluding carboxylic acids is 1. The van der Waals surface area contributed by atoms with Gasteiger partial charge in [0.2, 0.25) is 6.79 Å². The van der Waals surface area contributed by atoms with Gasteiger partial charge < -0.3 is 14.2 Å². The zero-order valence-electron chi connectivity index (χ0n) is 18.5. The topological polar surface area (TPSA) is 79.1 Å². The second-order valence-corrected chi connectivity index (χ2v) is 8.83. The van der Waals surface area contributed by atoms with Crippen molar-refractivity contribution in [3.05, 3.63) is 90.1 Å². The van der Waals surface area contributed by atoms with Crippen molar-refractivity contribution in [1.29, 1.82) is 0 Å². The van der Waals surface area contributed by atoms with Crippen LogP contribution in [0.4, 0.5) is 0 Å². The molecule has 0 N–H and O–H groups in total. The van der Waals surface area contributed by atoms with E-state index < -0.39 is 12.0 Å². The average Bonchev–Trinajstić information content (AvgIpc) is 3.37. The van der Waals surface area contributed by atoms with Crippen LogP contribution in [0.2, 0.25) is 0 Å². The van der Waals surface area contributed by atoms with Crippen molar-refractivity contribution >= 4 is 23.4 Å². The third-order valence-corrected chi connectivity index (χ3v) is 6.59. The van der Waals surface area contributed by atoms with Crippen LogP contribution in [0.3, 0.4) is 0 Å². The van der Waals surface area contributed by atoms with Gasteiger partial charge in [-0.1, -0.05) is 47.2 Å². The zero-order chi connectivity index (χ0) is 23.1. The zero-order valence-corrected chi connectivity index (χ0v) is 19.3. The quantitative estimate of drug-likeness (QED) is 0.557. The highest BCUT2D eigenvalue weighted by molar-refractivity contribution is 7.07. The predicted octanol–water partition coefficient (Wildman–Crippen LogP) is 2.84. The van der Waals surface area contributed by atoms with Crippen molar-refractivity contribution in [1.82, 2.24) is 4.57 Å². The Balaban J connectivity index is 1.69. The molecule has 0 saturated heterocycles. The lowest BCUT2D eigenvalue weighted by atomic mass is 9.95. The maximum absolute atomic E-state index is 13.6. The number of aryl methyl sites for hydroxylation is 1. The lowest BCUT2D eigenvalue weighted by Crippen LogP contribution is -2.39. The number of allylic oxidation sites excluding steroid dienone is 1. The maximum Gasteiger partial charge on any atom is 0.338 e. The van der Waals surface area contributed by atoms with Crippen molar-refractivity contribution in [2.24, 2.45) is 4.99 Å².